The predicted molar refractivity (Wildman–Crippen MR) is 122 cm³/mol. The number of hydroxylamine groups is 1. The van der Waals surface area contributed by atoms with Crippen molar-refractivity contribution in [3.8, 4) is 0 Å². The van der Waals surface area contributed by atoms with Crippen LogP contribution in [0.1, 0.15) is 56.6 Å². The van der Waals surface area contributed by atoms with E-state index >= 15 is 4.39 Å². The lowest BCUT2D eigenvalue weighted by Gasteiger charge is -2.37. The summed E-state index contributed by atoms with van der Waals surface area (Å²) in [6, 6.07) is 5.72. The standard InChI is InChI=1S/C25H33FN4O/c1-2-3-4-5-7-24-28-14-15-30(24)18-19-8-9-20(16-23(19)26)25(12-6-13-25)29-31-22-11-10-21(27)17-22/h4-9,12,14-16,21-22,28-29H,2-3,10-11,13,17-18,27H2,1H3/b5-4-,24-7+. The zero-order chi connectivity index (χ0) is 21.7. The van der Waals surface area contributed by atoms with E-state index in [1.54, 1.807) is 6.07 Å². The van der Waals surface area contributed by atoms with Crippen LogP contribution in [0.2, 0.25) is 0 Å². The third-order valence-corrected chi connectivity index (χ3v) is 6.22. The Balaban J connectivity index is 1.41. The average Bonchev–Trinajstić information content (AvgIpc) is 3.35. The van der Waals surface area contributed by atoms with E-state index in [2.05, 4.69) is 29.9 Å². The monoisotopic (exact) mass is 424 g/mol. The Bertz CT molecular complexity index is 894. The normalized spacial score (nSPS) is 28.6. The molecule has 1 aliphatic heterocycles. The highest BCUT2D eigenvalue weighted by molar-refractivity contribution is 5.38. The number of nitrogens with two attached hydrogens (primary N) is 1. The van der Waals surface area contributed by atoms with Crippen LogP contribution in [-0.4, -0.2) is 17.0 Å². The van der Waals surface area contributed by atoms with Gasteiger partial charge in [-0.1, -0.05) is 49.8 Å². The lowest BCUT2D eigenvalue weighted by Crippen LogP contribution is -2.45. The van der Waals surface area contributed by atoms with Crippen LogP contribution in [0.4, 0.5) is 4.39 Å². The molecule has 3 atom stereocenters. The van der Waals surface area contributed by atoms with Gasteiger partial charge in [-0.2, -0.15) is 5.48 Å². The van der Waals surface area contributed by atoms with Crippen LogP contribution in [0.15, 0.2) is 66.8 Å². The Hall–Kier alpha value is -2.41. The number of nitrogens with one attached hydrogen (secondary N) is 2. The van der Waals surface area contributed by atoms with Crippen molar-refractivity contribution in [3.05, 3.63) is 83.7 Å². The second kappa shape index (κ2) is 9.81. The second-order valence-corrected chi connectivity index (χ2v) is 8.66. The highest BCUT2D eigenvalue weighted by Gasteiger charge is 2.36. The van der Waals surface area contributed by atoms with E-state index in [1.165, 1.54) is 0 Å². The first-order valence-electron chi connectivity index (χ1n) is 11.3. The van der Waals surface area contributed by atoms with E-state index in [9.17, 15) is 0 Å². The molecule has 4 rings (SSSR count). The Morgan fingerprint density at radius 3 is 2.94 bits per heavy atom. The number of hydrogen-bond donors (Lipinski definition) is 3. The van der Waals surface area contributed by atoms with Gasteiger partial charge in [0.1, 0.15) is 11.6 Å². The average molecular weight is 425 g/mol. The molecule has 31 heavy (non-hydrogen) atoms. The van der Waals surface area contributed by atoms with E-state index in [0.717, 1.165) is 49.9 Å². The molecule has 0 radical (unpaired) electrons. The predicted octanol–water partition coefficient (Wildman–Crippen LogP) is 4.46. The maximum absolute atomic E-state index is 15.1. The van der Waals surface area contributed by atoms with Crippen LogP contribution in [-0.2, 0) is 16.9 Å². The maximum atomic E-state index is 15.1. The van der Waals surface area contributed by atoms with E-state index in [0.29, 0.717) is 12.1 Å². The van der Waals surface area contributed by atoms with Gasteiger partial charge >= 0.3 is 0 Å². The molecular weight excluding hydrogens is 391 g/mol. The minimum atomic E-state index is -0.462. The molecular formula is C25H33FN4O. The SMILES string of the molecule is CCC/C=C\C=C1/NC=CN1Cc1ccc(C2(NOC3CCC(N)C3)C=CC2)cc1F. The van der Waals surface area contributed by atoms with Crippen molar-refractivity contribution in [2.24, 2.45) is 5.73 Å². The van der Waals surface area contributed by atoms with Gasteiger partial charge in [0.05, 0.1) is 18.2 Å². The number of nitrogens with zero attached hydrogens (tertiary/aromatic N) is 1. The van der Waals surface area contributed by atoms with Gasteiger partial charge < -0.3 is 16.0 Å². The zero-order valence-electron chi connectivity index (χ0n) is 18.2. The number of hydrogen-bond acceptors (Lipinski definition) is 5. The van der Waals surface area contributed by atoms with Crippen LogP contribution >= 0.6 is 0 Å². The van der Waals surface area contributed by atoms with Crippen molar-refractivity contribution in [2.75, 3.05) is 0 Å². The molecule has 166 valence electrons. The van der Waals surface area contributed by atoms with Crippen LogP contribution < -0.4 is 16.5 Å². The fourth-order valence-corrected chi connectivity index (χ4v) is 4.19. The lowest BCUT2D eigenvalue weighted by atomic mass is 9.79. The number of unbranched alkanes of at least 4 members (excludes halogenated alkanes) is 1. The van der Waals surface area contributed by atoms with Crippen LogP contribution in [0.5, 0.6) is 0 Å². The van der Waals surface area contributed by atoms with Crippen molar-refractivity contribution < 1.29 is 9.23 Å². The Kier molecular flexibility index (Phi) is 6.90. The Morgan fingerprint density at radius 1 is 1.39 bits per heavy atom. The summed E-state index contributed by atoms with van der Waals surface area (Å²) in [4.78, 5) is 7.95. The minimum Gasteiger partial charge on any atom is -0.347 e. The van der Waals surface area contributed by atoms with Gasteiger partial charge in [0, 0.05) is 24.0 Å². The summed E-state index contributed by atoms with van der Waals surface area (Å²) in [5.41, 5.74) is 10.3. The molecule has 1 fully saturated rings. The van der Waals surface area contributed by atoms with Crippen LogP contribution in [0.3, 0.4) is 0 Å². The summed E-state index contributed by atoms with van der Waals surface area (Å²) in [5, 5.41) is 3.21. The highest BCUT2D eigenvalue weighted by Crippen LogP contribution is 2.36. The van der Waals surface area contributed by atoms with Crippen LogP contribution in [0.25, 0.3) is 0 Å². The van der Waals surface area contributed by atoms with Crippen molar-refractivity contribution in [3.63, 3.8) is 0 Å². The molecule has 3 unspecified atom stereocenters. The summed E-state index contributed by atoms with van der Waals surface area (Å²) in [6.07, 6.45) is 20.0. The smallest absolute Gasteiger partial charge is 0.128 e. The van der Waals surface area contributed by atoms with Crippen molar-refractivity contribution >= 4 is 0 Å². The summed E-state index contributed by atoms with van der Waals surface area (Å²) in [7, 11) is 0. The van der Waals surface area contributed by atoms with Crippen LogP contribution in [0, 0.1) is 5.82 Å². The molecule has 0 spiro atoms. The fourth-order valence-electron chi connectivity index (χ4n) is 4.19. The summed E-state index contributed by atoms with van der Waals surface area (Å²) >= 11 is 0. The van der Waals surface area contributed by atoms with Gasteiger partial charge in [0.25, 0.3) is 0 Å². The number of rotatable bonds is 9. The topological polar surface area (TPSA) is 62.5 Å². The maximum Gasteiger partial charge on any atom is 0.128 e. The number of benzene rings is 1. The number of allylic oxidation sites excluding steroid dienone is 3. The van der Waals surface area contributed by atoms with Gasteiger partial charge in [-0.25, -0.2) is 4.39 Å². The van der Waals surface area contributed by atoms with Gasteiger partial charge in [0.15, 0.2) is 0 Å². The Morgan fingerprint density at radius 2 is 2.26 bits per heavy atom. The van der Waals surface area contributed by atoms with Gasteiger partial charge in [-0.15, -0.1) is 0 Å². The lowest BCUT2D eigenvalue weighted by molar-refractivity contribution is -0.0643. The summed E-state index contributed by atoms with van der Waals surface area (Å²) in [5.74, 6) is 0.738. The molecule has 0 bridgehead atoms. The molecule has 2 aliphatic carbocycles. The molecule has 3 aliphatic rings. The quantitative estimate of drug-likeness (QED) is 0.404. The molecule has 0 aromatic heterocycles. The van der Waals surface area contributed by atoms with Gasteiger partial charge in [-0.3, -0.25) is 4.84 Å². The van der Waals surface area contributed by atoms with E-state index in [-0.39, 0.29) is 18.0 Å². The molecule has 0 saturated heterocycles. The van der Waals surface area contributed by atoms with Crippen molar-refractivity contribution in [1.82, 2.24) is 15.7 Å². The largest absolute Gasteiger partial charge is 0.347 e. The molecule has 5 nitrogen and oxygen atoms in total. The zero-order valence-corrected chi connectivity index (χ0v) is 18.2. The number of halogens is 1. The molecule has 4 N–H and O–H groups in total. The van der Waals surface area contributed by atoms with E-state index in [1.807, 2.05) is 47.7 Å². The van der Waals surface area contributed by atoms with Gasteiger partial charge in [0.2, 0.25) is 0 Å². The highest BCUT2D eigenvalue weighted by atomic mass is 19.1. The van der Waals surface area contributed by atoms with Gasteiger partial charge in [-0.05, 0) is 49.8 Å². The van der Waals surface area contributed by atoms with E-state index in [4.69, 9.17) is 10.6 Å². The minimum absolute atomic E-state index is 0.121. The Labute approximate surface area is 184 Å². The molecule has 0 amide bonds. The first-order valence-corrected chi connectivity index (χ1v) is 11.3. The second-order valence-electron chi connectivity index (χ2n) is 8.66. The van der Waals surface area contributed by atoms with E-state index < -0.39 is 5.54 Å². The summed E-state index contributed by atoms with van der Waals surface area (Å²) < 4.78 is 15.1. The molecule has 1 aromatic rings. The molecule has 6 heteroatoms. The molecule has 1 heterocycles. The third kappa shape index (κ3) is 5.09. The van der Waals surface area contributed by atoms with Crippen molar-refractivity contribution in [2.45, 2.75) is 69.7 Å². The first-order chi connectivity index (χ1) is 15.1. The molecule has 1 saturated carbocycles. The van der Waals surface area contributed by atoms with Crippen molar-refractivity contribution in [1.29, 1.82) is 0 Å². The first kappa shape index (κ1) is 21.8. The molecule has 1 aromatic carbocycles. The fraction of sp³-hybridized carbons (Fsp3) is 0.440. The third-order valence-electron chi connectivity index (χ3n) is 6.22. The summed E-state index contributed by atoms with van der Waals surface area (Å²) in [6.45, 7) is 2.62.